The molecule has 6 nitrogen and oxygen atoms in total. The molecule has 0 aliphatic heterocycles. The molecule has 6 heteroatoms. The average Bonchev–Trinajstić information content (AvgIpc) is 2.86. The predicted octanol–water partition coefficient (Wildman–Crippen LogP) is 3.03. The second kappa shape index (κ2) is 5.40. The van der Waals surface area contributed by atoms with Crippen molar-refractivity contribution in [1.29, 1.82) is 0 Å². The molecule has 1 aromatic carbocycles. The highest BCUT2D eigenvalue weighted by atomic mass is 16.6. The van der Waals surface area contributed by atoms with Crippen molar-refractivity contribution in [2.75, 3.05) is 0 Å². The van der Waals surface area contributed by atoms with Crippen molar-refractivity contribution < 1.29 is 19.4 Å². The van der Waals surface area contributed by atoms with Gasteiger partial charge in [-0.15, -0.1) is 0 Å². The van der Waals surface area contributed by atoms with Crippen molar-refractivity contribution in [2.45, 2.75) is 26.4 Å². The van der Waals surface area contributed by atoms with Gasteiger partial charge in [0.25, 0.3) is 0 Å². The normalized spacial score (nSPS) is 11.2. The molecule has 1 heterocycles. The number of aromatic carboxylic acids is 1. The molecular weight excluding hydrogens is 272 g/mol. The number of hydrogen-bond acceptors (Lipinski definition) is 4. The average molecular weight is 288 g/mol. The van der Waals surface area contributed by atoms with Crippen LogP contribution in [0.15, 0.2) is 36.5 Å². The zero-order chi connectivity index (χ0) is 15.6. The van der Waals surface area contributed by atoms with Gasteiger partial charge in [-0.3, -0.25) is 0 Å². The van der Waals surface area contributed by atoms with Crippen LogP contribution in [0.5, 0.6) is 0 Å². The SMILES string of the molecule is CC(C)(C)OC(=O)n1ccc(-c2ccc(C(=O)O)cc2)n1. The Morgan fingerprint density at radius 3 is 2.29 bits per heavy atom. The molecule has 0 spiro atoms. The monoisotopic (exact) mass is 288 g/mol. The molecule has 0 saturated heterocycles. The molecule has 1 aromatic heterocycles. The van der Waals surface area contributed by atoms with Gasteiger partial charge in [-0.1, -0.05) is 12.1 Å². The predicted molar refractivity (Wildman–Crippen MR) is 76.3 cm³/mol. The molecule has 0 fully saturated rings. The van der Waals surface area contributed by atoms with Crippen LogP contribution in [0.4, 0.5) is 4.79 Å². The third kappa shape index (κ3) is 3.68. The third-order valence-corrected chi connectivity index (χ3v) is 2.60. The summed E-state index contributed by atoms with van der Waals surface area (Å²) in [5.74, 6) is -0.985. The van der Waals surface area contributed by atoms with E-state index in [0.29, 0.717) is 5.69 Å². The van der Waals surface area contributed by atoms with Gasteiger partial charge in [0, 0.05) is 11.8 Å². The second-order valence-electron chi connectivity index (χ2n) is 5.51. The lowest BCUT2D eigenvalue weighted by molar-refractivity contribution is 0.0514. The highest BCUT2D eigenvalue weighted by Gasteiger charge is 2.18. The van der Waals surface area contributed by atoms with Crippen molar-refractivity contribution >= 4 is 12.1 Å². The van der Waals surface area contributed by atoms with Gasteiger partial charge >= 0.3 is 12.1 Å². The van der Waals surface area contributed by atoms with Crippen molar-refractivity contribution in [3.8, 4) is 11.3 Å². The number of carboxylic acids is 1. The molecule has 0 amide bonds. The zero-order valence-corrected chi connectivity index (χ0v) is 12.0. The zero-order valence-electron chi connectivity index (χ0n) is 12.0. The maximum atomic E-state index is 11.8. The highest BCUT2D eigenvalue weighted by molar-refractivity contribution is 5.88. The van der Waals surface area contributed by atoms with Crippen LogP contribution in [0.25, 0.3) is 11.3 Å². The van der Waals surface area contributed by atoms with Gasteiger partial charge in [0.15, 0.2) is 0 Å². The van der Waals surface area contributed by atoms with Crippen LogP contribution in [-0.4, -0.2) is 32.6 Å². The molecule has 0 radical (unpaired) electrons. The number of rotatable bonds is 2. The number of carbonyl (C=O) groups is 2. The van der Waals surface area contributed by atoms with E-state index in [0.717, 1.165) is 10.2 Å². The van der Waals surface area contributed by atoms with Gasteiger partial charge in [0.2, 0.25) is 0 Å². The van der Waals surface area contributed by atoms with E-state index in [1.165, 1.54) is 18.3 Å². The summed E-state index contributed by atoms with van der Waals surface area (Å²) in [6, 6.07) is 7.93. The minimum atomic E-state index is -0.985. The summed E-state index contributed by atoms with van der Waals surface area (Å²) >= 11 is 0. The van der Waals surface area contributed by atoms with E-state index in [1.54, 1.807) is 39.0 Å². The molecule has 2 aromatic rings. The van der Waals surface area contributed by atoms with E-state index in [4.69, 9.17) is 9.84 Å². The first-order chi connectivity index (χ1) is 9.76. The first-order valence-electron chi connectivity index (χ1n) is 6.39. The second-order valence-corrected chi connectivity index (χ2v) is 5.51. The molecular formula is C15H16N2O4. The topological polar surface area (TPSA) is 81.4 Å². The Morgan fingerprint density at radius 2 is 1.76 bits per heavy atom. The fourth-order valence-electron chi connectivity index (χ4n) is 1.67. The van der Waals surface area contributed by atoms with Crippen LogP contribution in [0.3, 0.4) is 0 Å². The van der Waals surface area contributed by atoms with E-state index in [2.05, 4.69) is 5.10 Å². The van der Waals surface area contributed by atoms with E-state index >= 15 is 0 Å². The first kappa shape index (κ1) is 14.8. The van der Waals surface area contributed by atoms with Gasteiger partial charge in [-0.2, -0.15) is 9.78 Å². The van der Waals surface area contributed by atoms with E-state index < -0.39 is 17.7 Å². The molecule has 0 bridgehead atoms. The summed E-state index contributed by atoms with van der Waals surface area (Å²) in [7, 11) is 0. The Labute approximate surface area is 122 Å². The number of hydrogen-bond donors (Lipinski definition) is 1. The lowest BCUT2D eigenvalue weighted by Gasteiger charge is -2.18. The van der Waals surface area contributed by atoms with Crippen LogP contribution < -0.4 is 0 Å². The van der Waals surface area contributed by atoms with Crippen molar-refractivity contribution in [2.24, 2.45) is 0 Å². The minimum Gasteiger partial charge on any atom is -0.478 e. The number of benzene rings is 1. The van der Waals surface area contributed by atoms with Crippen molar-refractivity contribution in [3.05, 3.63) is 42.1 Å². The molecule has 21 heavy (non-hydrogen) atoms. The molecule has 1 N–H and O–H groups in total. The van der Waals surface area contributed by atoms with Gasteiger partial charge in [0.1, 0.15) is 5.60 Å². The maximum absolute atomic E-state index is 11.8. The standard InChI is InChI=1S/C15H16N2O4/c1-15(2,3)21-14(20)17-9-8-12(16-17)10-4-6-11(7-5-10)13(18)19/h4-9H,1-3H3,(H,18,19). The summed E-state index contributed by atoms with van der Waals surface area (Å²) in [5.41, 5.74) is 0.900. The molecule has 0 aliphatic rings. The molecule has 0 aliphatic carbocycles. The molecule has 0 saturated carbocycles. The van der Waals surface area contributed by atoms with Crippen molar-refractivity contribution in [3.63, 3.8) is 0 Å². The Bertz CT molecular complexity index is 666. The Kier molecular flexibility index (Phi) is 3.80. The highest BCUT2D eigenvalue weighted by Crippen LogP contribution is 2.18. The van der Waals surface area contributed by atoms with Crippen LogP contribution in [0.2, 0.25) is 0 Å². The lowest BCUT2D eigenvalue weighted by Crippen LogP contribution is -2.27. The molecule has 110 valence electrons. The largest absolute Gasteiger partial charge is 0.478 e. The Morgan fingerprint density at radius 1 is 1.14 bits per heavy atom. The maximum Gasteiger partial charge on any atom is 0.435 e. The number of carbonyl (C=O) groups excluding carboxylic acids is 1. The van der Waals surface area contributed by atoms with Gasteiger partial charge in [-0.05, 0) is 39.0 Å². The summed E-state index contributed by atoms with van der Waals surface area (Å²) in [4.78, 5) is 22.6. The smallest absolute Gasteiger partial charge is 0.435 e. The number of ether oxygens (including phenoxy) is 1. The van der Waals surface area contributed by atoms with E-state index in [1.807, 2.05) is 0 Å². The summed E-state index contributed by atoms with van der Waals surface area (Å²) in [5, 5.41) is 13.0. The lowest BCUT2D eigenvalue weighted by atomic mass is 10.1. The number of aromatic nitrogens is 2. The minimum absolute atomic E-state index is 0.199. The Balaban J connectivity index is 2.19. The van der Waals surface area contributed by atoms with E-state index in [-0.39, 0.29) is 5.56 Å². The van der Waals surface area contributed by atoms with Crippen molar-refractivity contribution in [1.82, 2.24) is 9.78 Å². The Hall–Kier alpha value is -2.63. The van der Waals surface area contributed by atoms with Crippen LogP contribution in [0.1, 0.15) is 31.1 Å². The molecule has 0 atom stereocenters. The first-order valence-corrected chi connectivity index (χ1v) is 6.39. The summed E-state index contributed by atoms with van der Waals surface area (Å²) in [6.07, 6.45) is 0.949. The van der Waals surface area contributed by atoms with Crippen LogP contribution in [0, 0.1) is 0 Å². The van der Waals surface area contributed by atoms with Gasteiger partial charge in [0.05, 0.1) is 11.3 Å². The summed E-state index contributed by atoms with van der Waals surface area (Å²) < 4.78 is 6.32. The fraction of sp³-hybridized carbons (Fsp3) is 0.267. The van der Waals surface area contributed by atoms with Crippen LogP contribution in [-0.2, 0) is 4.74 Å². The fourth-order valence-corrected chi connectivity index (χ4v) is 1.67. The third-order valence-electron chi connectivity index (χ3n) is 2.60. The van der Waals surface area contributed by atoms with E-state index in [9.17, 15) is 9.59 Å². The van der Waals surface area contributed by atoms with Crippen LogP contribution >= 0.6 is 0 Å². The number of nitrogens with zero attached hydrogens (tertiary/aromatic N) is 2. The quantitative estimate of drug-likeness (QED) is 0.918. The number of carboxylic acid groups (broad SMARTS) is 1. The molecule has 2 rings (SSSR count). The van der Waals surface area contributed by atoms with Gasteiger partial charge < -0.3 is 9.84 Å². The molecule has 0 unspecified atom stereocenters. The summed E-state index contributed by atoms with van der Waals surface area (Å²) in [6.45, 7) is 5.33. The van der Waals surface area contributed by atoms with Gasteiger partial charge in [-0.25, -0.2) is 9.59 Å².